The molecule has 0 bridgehead atoms. The van der Waals surface area contributed by atoms with Gasteiger partial charge >= 0.3 is 0 Å². The van der Waals surface area contributed by atoms with Crippen LogP contribution in [0, 0.1) is 4.77 Å². The molecule has 3 aromatic rings. The number of hydrogen-bond acceptors (Lipinski definition) is 5. The molecule has 9 heteroatoms. The SMILES string of the molecule is COc1ccc(-c2n[nH]c(=S)n2CCC(=O)NCC2(c3ccc(Cl)cc3)CCOCC2)cc1. The molecule has 2 heterocycles. The maximum absolute atomic E-state index is 12.8. The highest BCUT2D eigenvalue weighted by Crippen LogP contribution is 2.35. The predicted octanol–water partition coefficient (Wildman–Crippen LogP) is 4.52. The topological polar surface area (TPSA) is 81.2 Å². The Bertz CT molecular complexity index is 1140. The molecule has 174 valence electrons. The van der Waals surface area contributed by atoms with Crippen LogP contribution in [0.4, 0.5) is 0 Å². The van der Waals surface area contributed by atoms with Gasteiger partial charge in [-0.25, -0.2) is 0 Å². The number of nitrogens with zero attached hydrogens (tertiary/aromatic N) is 2. The van der Waals surface area contributed by atoms with Crippen molar-refractivity contribution >= 4 is 29.7 Å². The van der Waals surface area contributed by atoms with Crippen molar-refractivity contribution in [2.75, 3.05) is 26.9 Å². The summed E-state index contributed by atoms with van der Waals surface area (Å²) in [6.45, 7) is 2.33. The van der Waals surface area contributed by atoms with Crippen LogP contribution < -0.4 is 10.1 Å². The molecule has 0 radical (unpaired) electrons. The maximum Gasteiger partial charge on any atom is 0.221 e. The van der Waals surface area contributed by atoms with Crippen LogP contribution in [-0.4, -0.2) is 47.5 Å². The molecule has 1 amide bonds. The van der Waals surface area contributed by atoms with Gasteiger partial charge in [0.05, 0.1) is 7.11 Å². The third kappa shape index (κ3) is 5.46. The van der Waals surface area contributed by atoms with Crippen molar-refractivity contribution in [3.8, 4) is 17.1 Å². The summed E-state index contributed by atoms with van der Waals surface area (Å²) in [5.41, 5.74) is 1.92. The molecule has 33 heavy (non-hydrogen) atoms. The van der Waals surface area contributed by atoms with Crippen LogP contribution in [-0.2, 0) is 21.5 Å². The second-order valence-electron chi connectivity index (χ2n) is 8.16. The summed E-state index contributed by atoms with van der Waals surface area (Å²) in [7, 11) is 1.63. The minimum Gasteiger partial charge on any atom is -0.497 e. The summed E-state index contributed by atoms with van der Waals surface area (Å²) in [5, 5.41) is 11.0. The maximum atomic E-state index is 12.8. The number of carbonyl (C=O) groups is 1. The van der Waals surface area contributed by atoms with Gasteiger partial charge in [-0.05, 0) is 67.0 Å². The molecule has 1 aromatic heterocycles. The van der Waals surface area contributed by atoms with E-state index in [2.05, 4.69) is 15.5 Å². The molecule has 4 rings (SSSR count). The second-order valence-corrected chi connectivity index (χ2v) is 8.98. The Balaban J connectivity index is 1.41. The van der Waals surface area contributed by atoms with Crippen LogP contribution >= 0.6 is 23.8 Å². The van der Waals surface area contributed by atoms with Gasteiger partial charge in [-0.15, -0.1) is 0 Å². The van der Waals surface area contributed by atoms with Gasteiger partial charge in [0.2, 0.25) is 5.91 Å². The zero-order valence-electron chi connectivity index (χ0n) is 18.5. The summed E-state index contributed by atoms with van der Waals surface area (Å²) in [6, 6.07) is 15.5. The van der Waals surface area contributed by atoms with Crippen molar-refractivity contribution in [3.63, 3.8) is 0 Å². The number of aromatic nitrogens is 3. The van der Waals surface area contributed by atoms with E-state index < -0.39 is 0 Å². The van der Waals surface area contributed by atoms with Gasteiger partial charge in [0.25, 0.3) is 0 Å². The predicted molar refractivity (Wildman–Crippen MR) is 130 cm³/mol. The summed E-state index contributed by atoms with van der Waals surface area (Å²) in [6.07, 6.45) is 2.00. The number of benzene rings is 2. The second kappa shape index (κ2) is 10.5. The Hall–Kier alpha value is -2.68. The minimum atomic E-state index is -0.154. The third-order valence-corrected chi connectivity index (χ3v) is 6.76. The number of methoxy groups -OCH3 is 1. The lowest BCUT2D eigenvalue weighted by atomic mass is 9.74. The summed E-state index contributed by atoms with van der Waals surface area (Å²) >= 11 is 11.5. The van der Waals surface area contributed by atoms with E-state index >= 15 is 0 Å². The standard InChI is InChI=1S/C24H27ClN4O3S/c1-31-20-8-2-17(3-9-20)22-27-28-23(33)29(22)13-10-21(30)26-16-24(11-14-32-15-12-24)18-4-6-19(25)7-5-18/h2-9H,10-16H2,1H3,(H,26,30)(H,28,33). The van der Waals surface area contributed by atoms with Crippen molar-refractivity contribution in [2.45, 2.75) is 31.2 Å². The number of hydrogen-bond donors (Lipinski definition) is 2. The molecule has 0 unspecified atom stereocenters. The molecular formula is C24H27ClN4O3S. The molecule has 7 nitrogen and oxygen atoms in total. The number of ether oxygens (including phenoxy) is 2. The van der Waals surface area contributed by atoms with Crippen LogP contribution in [0.3, 0.4) is 0 Å². The lowest BCUT2D eigenvalue weighted by Gasteiger charge is -2.38. The Morgan fingerprint density at radius 3 is 2.58 bits per heavy atom. The molecule has 1 saturated heterocycles. The number of aromatic amines is 1. The van der Waals surface area contributed by atoms with Gasteiger partial charge in [-0.1, -0.05) is 23.7 Å². The first-order chi connectivity index (χ1) is 16.0. The number of carbonyl (C=O) groups excluding carboxylic acids is 1. The average molecular weight is 487 g/mol. The normalized spacial score (nSPS) is 15.2. The van der Waals surface area contributed by atoms with Crippen LogP contribution in [0.5, 0.6) is 5.75 Å². The molecule has 1 aliphatic rings. The van der Waals surface area contributed by atoms with Crippen LogP contribution in [0.1, 0.15) is 24.8 Å². The summed E-state index contributed by atoms with van der Waals surface area (Å²) < 4.78 is 13.1. The fraction of sp³-hybridized carbons (Fsp3) is 0.375. The fourth-order valence-electron chi connectivity index (χ4n) is 4.19. The highest BCUT2D eigenvalue weighted by atomic mass is 35.5. The van der Waals surface area contributed by atoms with E-state index in [0.29, 0.717) is 48.3 Å². The molecule has 1 fully saturated rings. The fourth-order valence-corrected chi connectivity index (χ4v) is 4.54. The first kappa shape index (κ1) is 23.5. The number of amides is 1. The van der Waals surface area contributed by atoms with Crippen molar-refractivity contribution in [3.05, 3.63) is 63.9 Å². The van der Waals surface area contributed by atoms with E-state index in [-0.39, 0.29) is 11.3 Å². The van der Waals surface area contributed by atoms with Gasteiger partial charge < -0.3 is 14.8 Å². The van der Waals surface area contributed by atoms with Crippen LogP contribution in [0.15, 0.2) is 48.5 Å². The summed E-state index contributed by atoms with van der Waals surface area (Å²) in [5.74, 6) is 1.43. The zero-order valence-corrected chi connectivity index (χ0v) is 20.0. The molecule has 0 atom stereocenters. The lowest BCUT2D eigenvalue weighted by Crippen LogP contribution is -2.44. The van der Waals surface area contributed by atoms with Crippen molar-refractivity contribution in [1.82, 2.24) is 20.1 Å². The van der Waals surface area contributed by atoms with E-state index in [1.165, 1.54) is 5.56 Å². The van der Waals surface area contributed by atoms with E-state index in [4.69, 9.17) is 33.3 Å². The van der Waals surface area contributed by atoms with Gasteiger partial charge in [-0.2, -0.15) is 5.10 Å². The number of halogens is 1. The molecule has 0 saturated carbocycles. The van der Waals surface area contributed by atoms with Crippen LogP contribution in [0.25, 0.3) is 11.4 Å². The van der Waals surface area contributed by atoms with Gasteiger partial charge in [-0.3, -0.25) is 14.5 Å². The van der Waals surface area contributed by atoms with Crippen molar-refractivity contribution < 1.29 is 14.3 Å². The Morgan fingerprint density at radius 1 is 1.21 bits per heavy atom. The molecule has 2 N–H and O–H groups in total. The summed E-state index contributed by atoms with van der Waals surface area (Å²) in [4.78, 5) is 12.8. The van der Waals surface area contributed by atoms with Crippen LogP contribution in [0.2, 0.25) is 5.02 Å². The number of rotatable bonds is 8. The molecular weight excluding hydrogens is 460 g/mol. The van der Waals surface area contributed by atoms with Gasteiger partial charge in [0.1, 0.15) is 5.75 Å². The molecule has 1 aliphatic heterocycles. The first-order valence-corrected chi connectivity index (χ1v) is 11.7. The smallest absolute Gasteiger partial charge is 0.221 e. The van der Waals surface area contributed by atoms with Gasteiger partial charge in [0.15, 0.2) is 10.6 Å². The Labute approximate surface area is 203 Å². The molecule has 2 aromatic carbocycles. The van der Waals surface area contributed by atoms with E-state index in [1.54, 1.807) is 7.11 Å². The van der Waals surface area contributed by atoms with Crippen molar-refractivity contribution in [1.29, 1.82) is 0 Å². The Kier molecular flexibility index (Phi) is 7.47. The Morgan fingerprint density at radius 2 is 1.91 bits per heavy atom. The van der Waals surface area contributed by atoms with E-state index in [9.17, 15) is 4.79 Å². The highest BCUT2D eigenvalue weighted by molar-refractivity contribution is 7.71. The molecule has 0 spiro atoms. The highest BCUT2D eigenvalue weighted by Gasteiger charge is 2.34. The largest absolute Gasteiger partial charge is 0.497 e. The quantitative estimate of drug-likeness (QED) is 0.457. The zero-order chi connectivity index (χ0) is 23.3. The van der Waals surface area contributed by atoms with Gasteiger partial charge in [0, 0.05) is 48.7 Å². The third-order valence-electron chi connectivity index (χ3n) is 6.20. The lowest BCUT2D eigenvalue weighted by molar-refractivity contribution is -0.121. The average Bonchev–Trinajstić information content (AvgIpc) is 3.22. The first-order valence-electron chi connectivity index (χ1n) is 10.9. The minimum absolute atomic E-state index is 0.0291. The van der Waals surface area contributed by atoms with E-state index in [1.807, 2.05) is 53.1 Å². The monoisotopic (exact) mass is 486 g/mol. The number of nitrogens with one attached hydrogen (secondary N) is 2. The number of H-pyrrole nitrogens is 1. The van der Waals surface area contributed by atoms with Crippen molar-refractivity contribution in [2.24, 2.45) is 0 Å². The van der Waals surface area contributed by atoms with E-state index in [0.717, 1.165) is 24.2 Å². The molecule has 0 aliphatic carbocycles.